The third-order valence-corrected chi connectivity index (χ3v) is 2.84. The number of para-hydroxylation sites is 2. The van der Waals surface area contributed by atoms with Gasteiger partial charge in [0.25, 0.3) is 0 Å². The molecule has 6 heteroatoms. The van der Waals surface area contributed by atoms with E-state index in [4.69, 9.17) is 15.6 Å². The van der Waals surface area contributed by atoms with Crippen LogP contribution in [0, 0.1) is 5.41 Å². The molecule has 0 aliphatic rings. The molecular formula is C10H11N3O2S. The summed E-state index contributed by atoms with van der Waals surface area (Å²) in [6.45, 7) is 0.486. The number of rotatable bonds is 3. The molecule has 84 valence electrons. The molecule has 2 rings (SSSR count). The lowest BCUT2D eigenvalue weighted by atomic mass is 10.3. The van der Waals surface area contributed by atoms with Gasteiger partial charge in [-0.3, -0.25) is 9.98 Å². The van der Waals surface area contributed by atoms with Crippen LogP contribution in [0.2, 0.25) is 0 Å². The third-order valence-electron chi connectivity index (χ3n) is 2.15. The number of hydrogen-bond donors (Lipinski definition) is 2. The van der Waals surface area contributed by atoms with Gasteiger partial charge in [-0.1, -0.05) is 23.9 Å². The lowest BCUT2D eigenvalue weighted by Crippen LogP contribution is -2.16. The number of amidine groups is 1. The van der Waals surface area contributed by atoms with E-state index in [9.17, 15) is 4.79 Å². The molecule has 0 amide bonds. The molecule has 0 saturated heterocycles. The van der Waals surface area contributed by atoms with Gasteiger partial charge in [-0.15, -0.1) is 0 Å². The molecule has 0 saturated carbocycles. The van der Waals surface area contributed by atoms with E-state index in [0.29, 0.717) is 17.9 Å². The van der Waals surface area contributed by atoms with Gasteiger partial charge in [0.15, 0.2) is 10.8 Å². The first-order chi connectivity index (χ1) is 7.68. The second-order valence-corrected chi connectivity index (χ2v) is 4.34. The summed E-state index contributed by atoms with van der Waals surface area (Å²) >= 11 is 1.21. The number of oxazole rings is 1. The van der Waals surface area contributed by atoms with E-state index >= 15 is 0 Å². The number of aromatic nitrogens is 1. The molecule has 0 radical (unpaired) electrons. The zero-order valence-corrected chi connectivity index (χ0v) is 9.29. The molecule has 0 spiro atoms. The topological polar surface area (TPSA) is 85.0 Å². The van der Waals surface area contributed by atoms with Crippen LogP contribution in [0.15, 0.2) is 33.5 Å². The van der Waals surface area contributed by atoms with Gasteiger partial charge >= 0.3 is 5.76 Å². The maximum Gasteiger partial charge on any atom is 0.419 e. The van der Waals surface area contributed by atoms with Gasteiger partial charge in [-0.25, -0.2) is 4.79 Å². The lowest BCUT2D eigenvalue weighted by molar-refractivity contribution is 0.514. The minimum Gasteiger partial charge on any atom is -0.408 e. The van der Waals surface area contributed by atoms with Crippen LogP contribution in [0.3, 0.4) is 0 Å². The van der Waals surface area contributed by atoms with E-state index in [-0.39, 0.29) is 10.9 Å². The van der Waals surface area contributed by atoms with Gasteiger partial charge in [0.1, 0.15) is 0 Å². The van der Waals surface area contributed by atoms with Gasteiger partial charge in [0.05, 0.1) is 5.52 Å². The molecule has 0 bridgehead atoms. The van der Waals surface area contributed by atoms with Crippen molar-refractivity contribution in [2.75, 3.05) is 5.75 Å². The number of nitrogens with two attached hydrogens (primary N) is 1. The fourth-order valence-corrected chi connectivity index (χ4v) is 1.97. The maximum absolute atomic E-state index is 11.5. The van der Waals surface area contributed by atoms with Gasteiger partial charge in [-0.05, 0) is 12.1 Å². The predicted molar refractivity (Wildman–Crippen MR) is 64.8 cm³/mol. The van der Waals surface area contributed by atoms with E-state index in [1.807, 2.05) is 18.2 Å². The molecule has 16 heavy (non-hydrogen) atoms. The number of nitrogens with one attached hydrogen (secondary N) is 1. The Morgan fingerprint density at radius 2 is 2.25 bits per heavy atom. The quantitative estimate of drug-likeness (QED) is 0.621. The van der Waals surface area contributed by atoms with Gasteiger partial charge < -0.3 is 10.2 Å². The van der Waals surface area contributed by atoms with Crippen LogP contribution in [-0.4, -0.2) is 15.5 Å². The van der Waals surface area contributed by atoms with Crippen molar-refractivity contribution in [3.05, 3.63) is 34.8 Å². The van der Waals surface area contributed by atoms with E-state index in [0.717, 1.165) is 5.52 Å². The van der Waals surface area contributed by atoms with Crippen molar-refractivity contribution in [1.82, 2.24) is 4.57 Å². The van der Waals surface area contributed by atoms with Crippen LogP contribution in [0.4, 0.5) is 0 Å². The van der Waals surface area contributed by atoms with Crippen molar-refractivity contribution in [3.8, 4) is 0 Å². The van der Waals surface area contributed by atoms with Crippen LogP contribution in [0.1, 0.15) is 0 Å². The molecule has 1 heterocycles. The summed E-state index contributed by atoms with van der Waals surface area (Å²) in [6.07, 6.45) is 0. The van der Waals surface area contributed by atoms with Gasteiger partial charge in [0, 0.05) is 12.3 Å². The van der Waals surface area contributed by atoms with Crippen molar-refractivity contribution in [2.24, 2.45) is 5.73 Å². The fourth-order valence-electron chi connectivity index (χ4n) is 1.47. The minimum absolute atomic E-state index is 0.0563. The average molecular weight is 237 g/mol. The average Bonchev–Trinajstić information content (AvgIpc) is 2.55. The van der Waals surface area contributed by atoms with Crippen LogP contribution in [0.25, 0.3) is 11.1 Å². The maximum atomic E-state index is 11.5. The largest absolute Gasteiger partial charge is 0.419 e. The molecule has 1 aromatic heterocycles. The number of fused-ring (bicyclic) bond motifs is 1. The summed E-state index contributed by atoms with van der Waals surface area (Å²) in [6, 6.07) is 7.26. The highest BCUT2D eigenvalue weighted by molar-refractivity contribution is 8.13. The Labute approximate surface area is 95.7 Å². The van der Waals surface area contributed by atoms with Gasteiger partial charge in [0.2, 0.25) is 0 Å². The van der Waals surface area contributed by atoms with Crippen molar-refractivity contribution in [3.63, 3.8) is 0 Å². The van der Waals surface area contributed by atoms with Crippen molar-refractivity contribution in [1.29, 1.82) is 5.41 Å². The van der Waals surface area contributed by atoms with Crippen molar-refractivity contribution < 1.29 is 4.42 Å². The summed E-state index contributed by atoms with van der Waals surface area (Å²) < 4.78 is 6.62. The molecule has 2 aromatic rings. The minimum atomic E-state index is -0.370. The number of thioether (sulfide) groups is 1. The second-order valence-electron chi connectivity index (χ2n) is 3.20. The SMILES string of the molecule is N=C(N)SCCn1c(=O)oc2ccccc21. The Bertz CT molecular complexity index is 573. The smallest absolute Gasteiger partial charge is 0.408 e. The Kier molecular flexibility index (Phi) is 3.00. The number of nitrogens with zero attached hydrogens (tertiary/aromatic N) is 1. The Morgan fingerprint density at radius 1 is 1.50 bits per heavy atom. The Morgan fingerprint density at radius 3 is 3.00 bits per heavy atom. The summed E-state index contributed by atoms with van der Waals surface area (Å²) in [5, 5.41) is 7.13. The molecule has 0 fully saturated rings. The molecule has 1 aromatic carbocycles. The molecule has 0 unspecified atom stereocenters. The van der Waals surface area contributed by atoms with Crippen LogP contribution in [-0.2, 0) is 6.54 Å². The number of hydrogen-bond acceptors (Lipinski definition) is 4. The summed E-state index contributed by atoms with van der Waals surface area (Å²) in [5.74, 6) is 0.212. The highest BCUT2D eigenvalue weighted by Gasteiger charge is 2.07. The standard InChI is InChI=1S/C10H11N3O2S/c11-9(12)16-6-5-13-7-3-1-2-4-8(7)15-10(13)14/h1-4H,5-6H2,(H3,11,12). The van der Waals surface area contributed by atoms with Crippen LogP contribution in [0.5, 0.6) is 0 Å². The fraction of sp³-hybridized carbons (Fsp3) is 0.200. The normalized spacial score (nSPS) is 10.8. The van der Waals surface area contributed by atoms with Crippen LogP contribution < -0.4 is 11.5 Å². The van der Waals surface area contributed by atoms with Gasteiger partial charge in [-0.2, -0.15) is 0 Å². The molecular weight excluding hydrogens is 226 g/mol. The Hall–Kier alpha value is -1.69. The van der Waals surface area contributed by atoms with Crippen molar-refractivity contribution in [2.45, 2.75) is 6.54 Å². The summed E-state index contributed by atoms with van der Waals surface area (Å²) in [5.41, 5.74) is 6.58. The first-order valence-electron chi connectivity index (χ1n) is 4.73. The molecule has 3 N–H and O–H groups in total. The zero-order chi connectivity index (χ0) is 11.5. The highest BCUT2D eigenvalue weighted by Crippen LogP contribution is 2.12. The molecule has 0 aliphatic carbocycles. The number of benzene rings is 1. The van der Waals surface area contributed by atoms with E-state index < -0.39 is 0 Å². The highest BCUT2D eigenvalue weighted by atomic mass is 32.2. The van der Waals surface area contributed by atoms with Crippen molar-refractivity contribution >= 4 is 28.0 Å². The molecule has 5 nitrogen and oxygen atoms in total. The van der Waals surface area contributed by atoms with E-state index in [1.165, 1.54) is 11.8 Å². The molecule has 0 aliphatic heterocycles. The summed E-state index contributed by atoms with van der Waals surface area (Å²) in [4.78, 5) is 11.5. The molecule has 0 atom stereocenters. The van der Waals surface area contributed by atoms with Crippen LogP contribution >= 0.6 is 11.8 Å². The summed E-state index contributed by atoms with van der Waals surface area (Å²) in [7, 11) is 0. The third kappa shape index (κ3) is 2.11. The first kappa shape index (κ1) is 10.8. The lowest BCUT2D eigenvalue weighted by Gasteiger charge is -2.00. The first-order valence-corrected chi connectivity index (χ1v) is 5.72. The Balaban J connectivity index is 2.26. The second kappa shape index (κ2) is 4.44. The predicted octanol–water partition coefficient (Wildman–Crippen LogP) is 1.22. The monoisotopic (exact) mass is 237 g/mol. The van der Waals surface area contributed by atoms with E-state index in [1.54, 1.807) is 10.6 Å². The number of aryl methyl sites for hydroxylation is 1. The van der Waals surface area contributed by atoms with E-state index in [2.05, 4.69) is 0 Å². The zero-order valence-electron chi connectivity index (χ0n) is 8.47.